The van der Waals surface area contributed by atoms with Gasteiger partial charge < -0.3 is 10.2 Å². The van der Waals surface area contributed by atoms with Crippen molar-refractivity contribution in [3.63, 3.8) is 0 Å². The summed E-state index contributed by atoms with van der Waals surface area (Å²) in [6.07, 6.45) is -2.09. The molecule has 0 aliphatic carbocycles. The number of aromatic nitrogens is 1. The van der Waals surface area contributed by atoms with Gasteiger partial charge in [0.25, 0.3) is 0 Å². The predicted molar refractivity (Wildman–Crippen MR) is 99.0 cm³/mol. The number of anilines is 2. The summed E-state index contributed by atoms with van der Waals surface area (Å²) in [6, 6.07) is 8.70. The maximum atomic E-state index is 13.3. The molecule has 28 heavy (non-hydrogen) atoms. The molecule has 0 saturated carbocycles. The van der Waals surface area contributed by atoms with Crippen LogP contribution in [-0.2, 0) is 11.0 Å². The van der Waals surface area contributed by atoms with Crippen LogP contribution in [0.1, 0.15) is 24.0 Å². The molecule has 1 aliphatic rings. The predicted octanol–water partition coefficient (Wildman–Crippen LogP) is 4.48. The fourth-order valence-corrected chi connectivity index (χ4v) is 3.35. The molecule has 0 radical (unpaired) electrons. The lowest BCUT2D eigenvalue weighted by atomic mass is 9.96. The normalized spacial score (nSPS) is 17.1. The van der Waals surface area contributed by atoms with Crippen LogP contribution in [0.15, 0.2) is 36.5 Å². The van der Waals surface area contributed by atoms with Gasteiger partial charge in [-0.2, -0.15) is 18.4 Å². The highest BCUT2D eigenvalue weighted by Gasteiger charge is 2.37. The van der Waals surface area contributed by atoms with Gasteiger partial charge in [0.1, 0.15) is 11.9 Å². The van der Waals surface area contributed by atoms with Crippen LogP contribution in [0, 0.1) is 17.2 Å². The summed E-state index contributed by atoms with van der Waals surface area (Å²) >= 11 is 5.88. The SMILES string of the molecule is N#Cc1cc(NC(=O)C2CCCN(c3ncccc3C(F)(F)F)C2)ccc1Cl. The van der Waals surface area contributed by atoms with Crippen molar-refractivity contribution in [1.29, 1.82) is 5.26 Å². The van der Waals surface area contributed by atoms with Crippen LogP contribution < -0.4 is 10.2 Å². The summed E-state index contributed by atoms with van der Waals surface area (Å²) in [7, 11) is 0. The number of nitrogens with zero attached hydrogens (tertiary/aromatic N) is 3. The van der Waals surface area contributed by atoms with E-state index >= 15 is 0 Å². The Morgan fingerprint density at radius 2 is 2.14 bits per heavy atom. The number of nitrogens with one attached hydrogen (secondary N) is 1. The Kier molecular flexibility index (Phi) is 5.75. The number of alkyl halides is 3. The van der Waals surface area contributed by atoms with Gasteiger partial charge in [0.15, 0.2) is 0 Å². The molecule has 1 amide bonds. The fourth-order valence-electron chi connectivity index (χ4n) is 3.19. The number of piperidine rings is 1. The molecule has 146 valence electrons. The average Bonchev–Trinajstić information content (AvgIpc) is 2.69. The second-order valence-corrected chi connectivity index (χ2v) is 6.86. The van der Waals surface area contributed by atoms with Gasteiger partial charge >= 0.3 is 6.18 Å². The third-order valence-corrected chi connectivity index (χ3v) is 4.87. The molecule has 1 fully saturated rings. The minimum Gasteiger partial charge on any atom is -0.355 e. The van der Waals surface area contributed by atoms with Gasteiger partial charge in [-0.15, -0.1) is 0 Å². The highest BCUT2D eigenvalue weighted by atomic mass is 35.5. The van der Waals surface area contributed by atoms with Gasteiger partial charge in [0, 0.05) is 25.0 Å². The van der Waals surface area contributed by atoms with E-state index in [1.807, 2.05) is 6.07 Å². The molecule has 2 aromatic rings. The van der Waals surface area contributed by atoms with Crippen LogP contribution in [0.3, 0.4) is 0 Å². The molecule has 2 heterocycles. The van der Waals surface area contributed by atoms with E-state index in [1.165, 1.54) is 29.3 Å². The number of hydrogen-bond donors (Lipinski definition) is 1. The van der Waals surface area contributed by atoms with Gasteiger partial charge in [-0.1, -0.05) is 11.6 Å². The number of hydrogen-bond acceptors (Lipinski definition) is 4. The molecule has 0 spiro atoms. The molecule has 9 heteroatoms. The number of rotatable bonds is 3. The highest BCUT2D eigenvalue weighted by molar-refractivity contribution is 6.31. The summed E-state index contributed by atoms with van der Waals surface area (Å²) in [5.41, 5.74) is -0.169. The number of benzene rings is 1. The highest BCUT2D eigenvalue weighted by Crippen LogP contribution is 2.36. The summed E-state index contributed by atoms with van der Waals surface area (Å²) in [6.45, 7) is 0.522. The number of amides is 1. The van der Waals surface area contributed by atoms with Gasteiger partial charge in [-0.3, -0.25) is 4.79 Å². The third-order valence-electron chi connectivity index (χ3n) is 4.54. The van der Waals surface area contributed by atoms with Gasteiger partial charge in [-0.05, 0) is 43.2 Å². The maximum absolute atomic E-state index is 13.3. The van der Waals surface area contributed by atoms with Crippen molar-refractivity contribution in [1.82, 2.24) is 4.98 Å². The van der Waals surface area contributed by atoms with E-state index in [2.05, 4.69) is 10.3 Å². The Morgan fingerprint density at radius 1 is 1.36 bits per heavy atom. The Balaban J connectivity index is 1.75. The largest absolute Gasteiger partial charge is 0.419 e. The second-order valence-electron chi connectivity index (χ2n) is 6.45. The zero-order chi connectivity index (χ0) is 20.3. The van der Waals surface area contributed by atoms with Crippen LogP contribution in [0.2, 0.25) is 5.02 Å². The lowest BCUT2D eigenvalue weighted by Crippen LogP contribution is -2.42. The molecule has 1 aromatic carbocycles. The molecule has 5 nitrogen and oxygen atoms in total. The van der Waals surface area contributed by atoms with Crippen LogP contribution in [-0.4, -0.2) is 24.0 Å². The quantitative estimate of drug-likeness (QED) is 0.813. The first-order chi connectivity index (χ1) is 13.3. The lowest BCUT2D eigenvalue weighted by molar-refractivity contribution is -0.137. The Labute approximate surface area is 164 Å². The monoisotopic (exact) mass is 408 g/mol. The minimum atomic E-state index is -4.52. The Morgan fingerprint density at radius 3 is 2.86 bits per heavy atom. The van der Waals surface area contributed by atoms with Gasteiger partial charge in [-0.25, -0.2) is 4.98 Å². The molecule has 1 unspecified atom stereocenters. The maximum Gasteiger partial charge on any atom is 0.419 e. The minimum absolute atomic E-state index is 0.130. The van der Waals surface area contributed by atoms with Crippen molar-refractivity contribution in [2.75, 3.05) is 23.3 Å². The second kappa shape index (κ2) is 8.07. The van der Waals surface area contributed by atoms with Crippen molar-refractivity contribution in [2.45, 2.75) is 19.0 Å². The van der Waals surface area contributed by atoms with Crippen LogP contribution in [0.5, 0.6) is 0 Å². The molecule has 1 saturated heterocycles. The van der Waals surface area contributed by atoms with Gasteiger partial charge in [0.05, 0.1) is 22.1 Å². The first kappa shape index (κ1) is 20.0. The summed E-state index contributed by atoms with van der Waals surface area (Å²) in [5, 5.41) is 12.0. The average molecular weight is 409 g/mol. The van der Waals surface area contributed by atoms with Crippen molar-refractivity contribution in [3.8, 4) is 6.07 Å². The number of carbonyl (C=O) groups is 1. The van der Waals surface area contributed by atoms with E-state index in [4.69, 9.17) is 16.9 Å². The fraction of sp³-hybridized carbons (Fsp3) is 0.316. The topological polar surface area (TPSA) is 69.0 Å². The molecule has 1 N–H and O–H groups in total. The van der Waals surface area contributed by atoms with E-state index in [0.29, 0.717) is 25.1 Å². The lowest BCUT2D eigenvalue weighted by Gasteiger charge is -2.34. The van der Waals surface area contributed by atoms with Crippen LogP contribution in [0.25, 0.3) is 0 Å². The first-order valence-electron chi connectivity index (χ1n) is 8.57. The van der Waals surface area contributed by atoms with Crippen molar-refractivity contribution >= 4 is 29.0 Å². The standard InChI is InChI=1S/C19H16ClF3N4O/c20-16-6-5-14(9-13(16)10-24)26-18(28)12-3-2-8-27(11-12)17-15(19(21,22)23)4-1-7-25-17/h1,4-7,9,12H,2-3,8,11H2,(H,26,28). The first-order valence-corrected chi connectivity index (χ1v) is 8.95. The number of nitriles is 1. The molecule has 0 bridgehead atoms. The molecular formula is C19H16ClF3N4O. The summed E-state index contributed by atoms with van der Waals surface area (Å²) in [5.74, 6) is -0.982. The van der Waals surface area contributed by atoms with Crippen molar-refractivity contribution in [2.24, 2.45) is 5.92 Å². The summed E-state index contributed by atoms with van der Waals surface area (Å²) in [4.78, 5) is 18.0. The van der Waals surface area contributed by atoms with Crippen LogP contribution >= 0.6 is 11.6 Å². The van der Waals surface area contributed by atoms with E-state index in [0.717, 1.165) is 6.07 Å². The molecule has 3 rings (SSSR count). The van der Waals surface area contributed by atoms with E-state index < -0.39 is 17.7 Å². The molecule has 1 aliphatic heterocycles. The van der Waals surface area contributed by atoms with Crippen molar-refractivity contribution in [3.05, 3.63) is 52.7 Å². The molecule has 1 aromatic heterocycles. The zero-order valence-electron chi connectivity index (χ0n) is 14.6. The molecular weight excluding hydrogens is 393 g/mol. The number of carbonyl (C=O) groups excluding carboxylic acids is 1. The van der Waals surface area contributed by atoms with Gasteiger partial charge in [0.2, 0.25) is 5.91 Å². The van der Waals surface area contributed by atoms with Crippen molar-refractivity contribution < 1.29 is 18.0 Å². The Bertz CT molecular complexity index is 926. The van der Waals surface area contributed by atoms with Crippen LogP contribution in [0.4, 0.5) is 24.7 Å². The third kappa shape index (κ3) is 4.37. The van der Waals surface area contributed by atoms with E-state index in [9.17, 15) is 18.0 Å². The smallest absolute Gasteiger partial charge is 0.355 e. The van der Waals surface area contributed by atoms with E-state index in [1.54, 1.807) is 6.07 Å². The number of pyridine rings is 1. The van der Waals surface area contributed by atoms with E-state index in [-0.39, 0.29) is 28.9 Å². The summed E-state index contributed by atoms with van der Waals surface area (Å²) < 4.78 is 39.8. The number of halogens is 4. The molecule has 1 atom stereocenters. The zero-order valence-corrected chi connectivity index (χ0v) is 15.4. The Hall–Kier alpha value is -2.79.